The molecule has 2 aromatic carbocycles. The van der Waals surface area contributed by atoms with Crippen LogP contribution in [0.1, 0.15) is 19.4 Å². The molecule has 1 aliphatic rings. The Morgan fingerprint density at radius 2 is 2.04 bits per heavy atom. The molecule has 0 radical (unpaired) electrons. The predicted octanol–water partition coefficient (Wildman–Crippen LogP) is 3.97. The zero-order valence-electron chi connectivity index (χ0n) is 14.8. The fourth-order valence-electron chi connectivity index (χ4n) is 3.24. The van der Waals surface area contributed by atoms with Crippen molar-refractivity contribution in [3.8, 4) is 11.5 Å². The summed E-state index contributed by atoms with van der Waals surface area (Å²) in [5, 5.41) is 3.79. The number of ether oxygens (including phenoxy) is 2. The average molecular weight is 348 g/mol. The third-order valence-electron chi connectivity index (χ3n) is 4.33. The molecule has 0 bridgehead atoms. The highest BCUT2D eigenvalue weighted by Crippen LogP contribution is 2.41. The molecule has 0 fully saturated rings. The molecule has 5 heteroatoms. The minimum atomic E-state index is -0.250. The van der Waals surface area contributed by atoms with Gasteiger partial charge in [-0.3, -0.25) is 9.78 Å². The quantitative estimate of drug-likeness (QED) is 0.775. The van der Waals surface area contributed by atoms with Gasteiger partial charge in [-0.2, -0.15) is 0 Å². The highest BCUT2D eigenvalue weighted by Gasteiger charge is 2.32. The van der Waals surface area contributed by atoms with Crippen LogP contribution < -0.4 is 14.8 Å². The molecule has 2 heterocycles. The molecule has 132 valence electrons. The first-order valence-corrected chi connectivity index (χ1v) is 8.59. The Hall–Kier alpha value is -3.08. The molecule has 1 aromatic heterocycles. The highest BCUT2D eigenvalue weighted by molar-refractivity contribution is 6.01. The number of hydrogen-bond donors (Lipinski definition) is 1. The molecule has 5 nitrogen and oxygen atoms in total. The SMILES string of the molecule is CC1(C)Cc2cccc(OCC(=O)Nc3cccc4ncccc34)c2O1. The zero-order chi connectivity index (χ0) is 18.1. The van der Waals surface area contributed by atoms with Crippen molar-refractivity contribution in [2.75, 3.05) is 11.9 Å². The second kappa shape index (κ2) is 6.33. The summed E-state index contributed by atoms with van der Waals surface area (Å²) in [4.78, 5) is 16.7. The van der Waals surface area contributed by atoms with Crippen molar-refractivity contribution in [2.45, 2.75) is 25.9 Å². The van der Waals surface area contributed by atoms with Crippen LogP contribution in [0.3, 0.4) is 0 Å². The van der Waals surface area contributed by atoms with Gasteiger partial charge in [-0.1, -0.05) is 18.2 Å². The Bertz CT molecular complexity index is 977. The van der Waals surface area contributed by atoms with Crippen LogP contribution in [0.5, 0.6) is 11.5 Å². The first-order valence-electron chi connectivity index (χ1n) is 8.59. The number of fused-ring (bicyclic) bond motifs is 2. The van der Waals surface area contributed by atoms with Gasteiger partial charge in [0, 0.05) is 23.6 Å². The predicted molar refractivity (Wildman–Crippen MR) is 101 cm³/mol. The third-order valence-corrected chi connectivity index (χ3v) is 4.33. The summed E-state index contributed by atoms with van der Waals surface area (Å²) in [7, 11) is 0. The van der Waals surface area contributed by atoms with Gasteiger partial charge in [-0.05, 0) is 44.2 Å². The van der Waals surface area contributed by atoms with E-state index < -0.39 is 0 Å². The van der Waals surface area contributed by atoms with Crippen LogP contribution in [-0.2, 0) is 11.2 Å². The van der Waals surface area contributed by atoms with Crippen molar-refractivity contribution in [1.82, 2.24) is 4.98 Å². The van der Waals surface area contributed by atoms with Gasteiger partial charge in [-0.15, -0.1) is 0 Å². The molecule has 1 aliphatic heterocycles. The van der Waals surface area contributed by atoms with E-state index in [1.165, 1.54) is 0 Å². The zero-order valence-corrected chi connectivity index (χ0v) is 14.8. The first kappa shape index (κ1) is 16.4. The van der Waals surface area contributed by atoms with Gasteiger partial charge in [0.15, 0.2) is 18.1 Å². The first-order chi connectivity index (χ1) is 12.5. The van der Waals surface area contributed by atoms with E-state index in [1.807, 2.05) is 62.4 Å². The number of amides is 1. The largest absolute Gasteiger partial charge is 0.483 e. The van der Waals surface area contributed by atoms with E-state index >= 15 is 0 Å². The number of nitrogens with one attached hydrogen (secondary N) is 1. The molecule has 1 N–H and O–H groups in total. The summed E-state index contributed by atoms with van der Waals surface area (Å²) in [6.45, 7) is 3.99. The molecular weight excluding hydrogens is 328 g/mol. The van der Waals surface area contributed by atoms with Crippen molar-refractivity contribution in [2.24, 2.45) is 0 Å². The van der Waals surface area contributed by atoms with Gasteiger partial charge in [0.05, 0.1) is 11.2 Å². The van der Waals surface area contributed by atoms with Crippen LogP contribution in [0.15, 0.2) is 54.7 Å². The van der Waals surface area contributed by atoms with Gasteiger partial charge in [0.2, 0.25) is 0 Å². The normalized spacial score (nSPS) is 14.5. The lowest BCUT2D eigenvalue weighted by molar-refractivity contribution is -0.118. The van der Waals surface area contributed by atoms with E-state index in [0.29, 0.717) is 5.75 Å². The average Bonchev–Trinajstić information content (AvgIpc) is 2.94. The smallest absolute Gasteiger partial charge is 0.262 e. The molecule has 1 amide bonds. The summed E-state index contributed by atoms with van der Waals surface area (Å²) in [5.41, 5.74) is 2.41. The van der Waals surface area contributed by atoms with Crippen molar-refractivity contribution in [3.05, 3.63) is 60.3 Å². The van der Waals surface area contributed by atoms with Crippen LogP contribution >= 0.6 is 0 Å². The Labute approximate surface area is 152 Å². The van der Waals surface area contributed by atoms with Gasteiger partial charge >= 0.3 is 0 Å². The van der Waals surface area contributed by atoms with E-state index in [1.54, 1.807) is 6.20 Å². The minimum Gasteiger partial charge on any atom is -0.483 e. The third kappa shape index (κ3) is 3.20. The number of rotatable bonds is 4. The summed E-state index contributed by atoms with van der Waals surface area (Å²) >= 11 is 0. The molecule has 3 aromatic rings. The Morgan fingerprint density at radius 3 is 2.92 bits per heavy atom. The Kier molecular flexibility index (Phi) is 3.99. The lowest BCUT2D eigenvalue weighted by atomic mass is 10.0. The van der Waals surface area contributed by atoms with Crippen molar-refractivity contribution in [3.63, 3.8) is 0 Å². The molecule has 0 atom stereocenters. The molecule has 26 heavy (non-hydrogen) atoms. The number of benzene rings is 2. The number of carbonyl (C=O) groups excluding carboxylic acids is 1. The van der Waals surface area contributed by atoms with E-state index in [2.05, 4.69) is 10.3 Å². The lowest BCUT2D eigenvalue weighted by Gasteiger charge is -2.18. The summed E-state index contributed by atoms with van der Waals surface area (Å²) in [6.07, 6.45) is 2.56. The fourth-order valence-corrected chi connectivity index (χ4v) is 3.24. The van der Waals surface area contributed by atoms with E-state index in [4.69, 9.17) is 9.47 Å². The second-order valence-electron chi connectivity index (χ2n) is 7.00. The van der Waals surface area contributed by atoms with Gasteiger partial charge in [-0.25, -0.2) is 0 Å². The van der Waals surface area contributed by atoms with Crippen LogP contribution in [0.25, 0.3) is 10.9 Å². The van der Waals surface area contributed by atoms with Gasteiger partial charge < -0.3 is 14.8 Å². The number of carbonyl (C=O) groups is 1. The fraction of sp³-hybridized carbons (Fsp3) is 0.238. The monoisotopic (exact) mass is 348 g/mol. The lowest BCUT2D eigenvalue weighted by Crippen LogP contribution is -2.25. The van der Waals surface area contributed by atoms with Gasteiger partial charge in [0.25, 0.3) is 5.91 Å². The van der Waals surface area contributed by atoms with Crippen molar-refractivity contribution >= 4 is 22.5 Å². The maximum atomic E-state index is 12.4. The number of nitrogens with zero attached hydrogens (tertiary/aromatic N) is 1. The molecule has 0 saturated carbocycles. The van der Waals surface area contributed by atoms with Gasteiger partial charge in [0.1, 0.15) is 5.60 Å². The maximum Gasteiger partial charge on any atom is 0.262 e. The van der Waals surface area contributed by atoms with E-state index in [0.717, 1.165) is 34.3 Å². The molecular formula is C21H20N2O3. The maximum absolute atomic E-state index is 12.4. The molecule has 0 aliphatic carbocycles. The number of aromatic nitrogens is 1. The Balaban J connectivity index is 1.46. The number of anilines is 1. The topological polar surface area (TPSA) is 60.5 Å². The van der Waals surface area contributed by atoms with Crippen LogP contribution in [0.4, 0.5) is 5.69 Å². The summed E-state index contributed by atoms with van der Waals surface area (Å²) in [6, 6.07) is 15.2. The summed E-state index contributed by atoms with van der Waals surface area (Å²) in [5.74, 6) is 1.11. The Morgan fingerprint density at radius 1 is 1.19 bits per heavy atom. The highest BCUT2D eigenvalue weighted by atomic mass is 16.5. The number of pyridine rings is 1. The van der Waals surface area contributed by atoms with E-state index in [-0.39, 0.29) is 18.1 Å². The molecule has 0 saturated heterocycles. The van der Waals surface area contributed by atoms with E-state index in [9.17, 15) is 4.79 Å². The molecule has 0 spiro atoms. The standard InChI is InChI=1S/C21H20N2O3/c1-21(2)12-14-6-3-10-18(20(14)26-21)25-13-19(24)23-17-9-4-8-16-15(17)7-5-11-22-16/h3-11H,12-13H2,1-2H3,(H,23,24). The van der Waals surface area contributed by atoms with Crippen LogP contribution in [-0.4, -0.2) is 23.1 Å². The van der Waals surface area contributed by atoms with Crippen LogP contribution in [0, 0.1) is 0 Å². The van der Waals surface area contributed by atoms with Crippen molar-refractivity contribution < 1.29 is 14.3 Å². The van der Waals surface area contributed by atoms with Crippen LogP contribution in [0.2, 0.25) is 0 Å². The summed E-state index contributed by atoms with van der Waals surface area (Å²) < 4.78 is 11.7. The molecule has 0 unspecified atom stereocenters. The number of hydrogen-bond acceptors (Lipinski definition) is 4. The second-order valence-corrected chi connectivity index (χ2v) is 7.00. The minimum absolute atomic E-state index is 0.0864. The van der Waals surface area contributed by atoms with Crippen molar-refractivity contribution in [1.29, 1.82) is 0 Å². The number of para-hydroxylation sites is 1. The molecule has 4 rings (SSSR count).